The normalized spacial score (nSPS) is 17.3. The van der Waals surface area contributed by atoms with E-state index in [1.54, 1.807) is 11.9 Å². The first-order valence-electron chi connectivity index (χ1n) is 10.1. The Morgan fingerprint density at radius 3 is 2.37 bits per heavy atom. The van der Waals surface area contributed by atoms with Crippen LogP contribution >= 0.6 is 0 Å². The van der Waals surface area contributed by atoms with Crippen molar-refractivity contribution >= 4 is 15.9 Å². The van der Waals surface area contributed by atoms with E-state index in [4.69, 9.17) is 0 Å². The quantitative estimate of drug-likeness (QED) is 0.703. The van der Waals surface area contributed by atoms with E-state index in [9.17, 15) is 17.6 Å². The highest BCUT2D eigenvalue weighted by atomic mass is 32.2. The molecule has 1 fully saturated rings. The number of benzene rings is 2. The van der Waals surface area contributed by atoms with Crippen molar-refractivity contribution in [2.45, 2.75) is 24.3 Å². The molecule has 1 atom stereocenters. The number of hydrogen-bond donors (Lipinski definition) is 0. The number of hydrogen-bond acceptors (Lipinski definition) is 4. The average Bonchev–Trinajstić information content (AvgIpc) is 2.99. The second kappa shape index (κ2) is 9.68. The van der Waals surface area contributed by atoms with Crippen LogP contribution < -0.4 is 0 Å². The first kappa shape index (κ1) is 22.4. The smallest absolute Gasteiger partial charge is 0.243 e. The van der Waals surface area contributed by atoms with Gasteiger partial charge in [0, 0.05) is 26.7 Å². The molecular weight excluding hydrogens is 405 g/mol. The third-order valence-electron chi connectivity index (χ3n) is 5.61. The molecule has 1 amide bonds. The lowest BCUT2D eigenvalue weighted by molar-refractivity contribution is -0.133. The van der Waals surface area contributed by atoms with Crippen molar-refractivity contribution in [1.82, 2.24) is 14.1 Å². The predicted octanol–water partition coefficient (Wildman–Crippen LogP) is 2.74. The van der Waals surface area contributed by atoms with Crippen molar-refractivity contribution in [3.05, 3.63) is 66.0 Å². The number of likely N-dealkylation sites (N-methyl/N-ethyl adjacent to an activating group) is 1. The molecule has 1 aliphatic heterocycles. The second-order valence-electron chi connectivity index (χ2n) is 7.58. The molecule has 2 aromatic carbocycles. The van der Waals surface area contributed by atoms with Crippen molar-refractivity contribution in [1.29, 1.82) is 0 Å². The minimum Gasteiger partial charge on any atom is -0.338 e. The molecule has 6 nitrogen and oxygen atoms in total. The van der Waals surface area contributed by atoms with Crippen molar-refractivity contribution < 1.29 is 17.6 Å². The van der Waals surface area contributed by atoms with Crippen molar-refractivity contribution in [3.8, 4) is 0 Å². The van der Waals surface area contributed by atoms with Crippen LogP contribution in [0, 0.1) is 5.82 Å². The maximum absolute atomic E-state index is 13.1. The first-order chi connectivity index (χ1) is 14.3. The molecule has 0 N–H and O–H groups in total. The van der Waals surface area contributed by atoms with Crippen LogP contribution in [0.5, 0.6) is 0 Å². The number of sulfonamides is 1. The maximum Gasteiger partial charge on any atom is 0.243 e. The van der Waals surface area contributed by atoms with Crippen LogP contribution in [0.3, 0.4) is 0 Å². The van der Waals surface area contributed by atoms with Crippen LogP contribution in [-0.4, -0.2) is 68.2 Å². The second-order valence-corrected chi connectivity index (χ2v) is 9.52. The molecule has 162 valence electrons. The highest BCUT2D eigenvalue weighted by molar-refractivity contribution is 7.89. The lowest BCUT2D eigenvalue weighted by atomic mass is 10.1. The van der Waals surface area contributed by atoms with E-state index in [-0.39, 0.29) is 23.4 Å². The molecule has 1 heterocycles. The molecule has 0 radical (unpaired) electrons. The van der Waals surface area contributed by atoms with Gasteiger partial charge in [0.05, 0.1) is 17.5 Å². The van der Waals surface area contributed by atoms with Gasteiger partial charge in [0.15, 0.2) is 0 Å². The van der Waals surface area contributed by atoms with Gasteiger partial charge in [0.2, 0.25) is 15.9 Å². The number of rotatable bonds is 6. The fraction of sp³-hybridized carbons (Fsp3) is 0.409. The Balaban J connectivity index is 1.59. The van der Waals surface area contributed by atoms with Crippen molar-refractivity contribution in [2.24, 2.45) is 0 Å². The molecule has 0 aliphatic carbocycles. The Hall–Kier alpha value is -2.29. The summed E-state index contributed by atoms with van der Waals surface area (Å²) >= 11 is 0. The van der Waals surface area contributed by atoms with Gasteiger partial charge in [-0.05, 0) is 49.7 Å². The molecule has 8 heteroatoms. The number of halogens is 1. The molecule has 1 saturated heterocycles. The molecule has 30 heavy (non-hydrogen) atoms. The first-order valence-corrected chi connectivity index (χ1v) is 11.5. The SMILES string of the molecule is CC(c1ccccc1)N(C)C(=O)CN1CCCN(S(=O)(=O)c2ccc(F)cc2)CC1. The Labute approximate surface area is 177 Å². The van der Waals surface area contributed by atoms with Crippen LogP contribution in [0.15, 0.2) is 59.5 Å². The minimum atomic E-state index is -3.68. The molecule has 3 rings (SSSR count). The van der Waals surface area contributed by atoms with Gasteiger partial charge < -0.3 is 4.90 Å². The van der Waals surface area contributed by atoms with E-state index in [1.165, 1.54) is 16.4 Å². The summed E-state index contributed by atoms with van der Waals surface area (Å²) in [4.78, 5) is 16.6. The van der Waals surface area contributed by atoms with Crippen LogP contribution in [0.25, 0.3) is 0 Å². The third kappa shape index (κ3) is 5.24. The van der Waals surface area contributed by atoms with Gasteiger partial charge >= 0.3 is 0 Å². The lowest BCUT2D eigenvalue weighted by Gasteiger charge is -2.28. The molecular formula is C22H28FN3O3S. The van der Waals surface area contributed by atoms with Crippen molar-refractivity contribution in [3.63, 3.8) is 0 Å². The van der Waals surface area contributed by atoms with E-state index in [0.29, 0.717) is 32.6 Å². The Morgan fingerprint density at radius 1 is 1.03 bits per heavy atom. The van der Waals surface area contributed by atoms with E-state index in [1.807, 2.05) is 42.2 Å². The molecule has 0 saturated carbocycles. The highest BCUT2D eigenvalue weighted by Gasteiger charge is 2.28. The van der Waals surface area contributed by atoms with Gasteiger partial charge in [-0.2, -0.15) is 4.31 Å². The average molecular weight is 434 g/mol. The Bertz CT molecular complexity index is 951. The topological polar surface area (TPSA) is 60.9 Å². The fourth-order valence-electron chi connectivity index (χ4n) is 3.58. The highest BCUT2D eigenvalue weighted by Crippen LogP contribution is 2.20. The van der Waals surface area contributed by atoms with Gasteiger partial charge in [0.1, 0.15) is 5.82 Å². The molecule has 2 aromatic rings. The monoisotopic (exact) mass is 433 g/mol. The van der Waals surface area contributed by atoms with Crippen LogP contribution in [0.2, 0.25) is 0 Å². The van der Waals surface area contributed by atoms with Crippen LogP contribution in [-0.2, 0) is 14.8 Å². The van der Waals surface area contributed by atoms with E-state index in [0.717, 1.165) is 17.7 Å². The summed E-state index contributed by atoms with van der Waals surface area (Å²) in [7, 11) is -1.88. The number of nitrogens with zero attached hydrogens (tertiary/aromatic N) is 3. The minimum absolute atomic E-state index is 0.00111. The zero-order valence-corrected chi connectivity index (χ0v) is 18.2. The summed E-state index contributed by atoms with van der Waals surface area (Å²) in [6, 6.07) is 14.7. The van der Waals surface area contributed by atoms with Gasteiger partial charge in [0.25, 0.3) is 0 Å². The number of carbonyl (C=O) groups is 1. The summed E-state index contributed by atoms with van der Waals surface area (Å²) in [6.07, 6.45) is 0.631. The molecule has 0 bridgehead atoms. The van der Waals surface area contributed by atoms with Crippen LogP contribution in [0.4, 0.5) is 4.39 Å². The van der Waals surface area contributed by atoms with Gasteiger partial charge in [-0.1, -0.05) is 30.3 Å². The molecule has 1 aliphatic rings. The summed E-state index contributed by atoms with van der Waals surface area (Å²) < 4.78 is 40.2. The maximum atomic E-state index is 13.1. The fourth-order valence-corrected chi connectivity index (χ4v) is 5.04. The van der Waals surface area contributed by atoms with E-state index >= 15 is 0 Å². The summed E-state index contributed by atoms with van der Waals surface area (Å²) in [5.41, 5.74) is 1.07. The zero-order valence-electron chi connectivity index (χ0n) is 17.4. The van der Waals surface area contributed by atoms with Gasteiger partial charge in [-0.25, -0.2) is 12.8 Å². The largest absolute Gasteiger partial charge is 0.338 e. The number of carbonyl (C=O) groups excluding carboxylic acids is 1. The number of amides is 1. The van der Waals surface area contributed by atoms with E-state index < -0.39 is 15.8 Å². The summed E-state index contributed by atoms with van der Waals surface area (Å²) in [5.74, 6) is -0.468. The molecule has 0 spiro atoms. The summed E-state index contributed by atoms with van der Waals surface area (Å²) in [6.45, 7) is 4.03. The zero-order chi connectivity index (χ0) is 21.7. The Kier molecular flexibility index (Phi) is 7.23. The molecule has 1 unspecified atom stereocenters. The van der Waals surface area contributed by atoms with Gasteiger partial charge in [-0.3, -0.25) is 9.69 Å². The standard InChI is InChI=1S/C22H28FN3O3S/c1-18(19-7-4-3-5-8-19)24(2)22(27)17-25-13-6-14-26(16-15-25)30(28,29)21-11-9-20(23)10-12-21/h3-5,7-12,18H,6,13-17H2,1-2H3. The summed E-state index contributed by atoms with van der Waals surface area (Å²) in [5, 5.41) is 0. The molecule has 0 aromatic heterocycles. The lowest BCUT2D eigenvalue weighted by Crippen LogP contribution is -2.41. The third-order valence-corrected chi connectivity index (χ3v) is 7.53. The van der Waals surface area contributed by atoms with Gasteiger partial charge in [-0.15, -0.1) is 0 Å². The van der Waals surface area contributed by atoms with E-state index in [2.05, 4.69) is 0 Å². The predicted molar refractivity (Wildman–Crippen MR) is 114 cm³/mol. The van der Waals surface area contributed by atoms with Crippen LogP contribution in [0.1, 0.15) is 24.9 Å². The van der Waals surface area contributed by atoms with Crippen molar-refractivity contribution in [2.75, 3.05) is 39.8 Å². The Morgan fingerprint density at radius 2 is 1.70 bits per heavy atom.